The van der Waals surface area contributed by atoms with Gasteiger partial charge < -0.3 is 15.0 Å². The maximum atomic E-state index is 13.4. The summed E-state index contributed by atoms with van der Waals surface area (Å²) in [6.45, 7) is 13.8. The highest BCUT2D eigenvalue weighted by atomic mass is 16.5. The quantitative estimate of drug-likeness (QED) is 0.305. The van der Waals surface area contributed by atoms with Gasteiger partial charge in [-0.2, -0.15) is 0 Å². The van der Waals surface area contributed by atoms with Crippen molar-refractivity contribution in [3.05, 3.63) is 64.7 Å². The van der Waals surface area contributed by atoms with Crippen molar-refractivity contribution in [2.75, 3.05) is 25.0 Å². The molecule has 3 aromatic rings. The number of likely N-dealkylation sites (tertiary alicyclic amines) is 1. The lowest BCUT2D eigenvalue weighted by atomic mass is 9.93. The third-order valence-corrected chi connectivity index (χ3v) is 6.49. The number of esters is 1. The number of carbonyl (C=O) groups is 2. The summed E-state index contributed by atoms with van der Waals surface area (Å²) >= 11 is 0. The van der Waals surface area contributed by atoms with Crippen molar-refractivity contribution in [2.45, 2.75) is 59.9 Å². The van der Waals surface area contributed by atoms with Crippen LogP contribution in [0.5, 0.6) is 0 Å². The number of fused-ring (bicyclic) bond motifs is 1. The van der Waals surface area contributed by atoms with Gasteiger partial charge in [-0.1, -0.05) is 18.2 Å². The zero-order valence-corrected chi connectivity index (χ0v) is 22.8. The summed E-state index contributed by atoms with van der Waals surface area (Å²) < 4.78 is 5.19. The zero-order chi connectivity index (χ0) is 26.7. The minimum atomic E-state index is -0.344. The molecule has 1 saturated heterocycles. The summed E-state index contributed by atoms with van der Waals surface area (Å²) in [7, 11) is 0. The molecule has 0 saturated carbocycles. The van der Waals surface area contributed by atoms with E-state index in [1.807, 2.05) is 54.3 Å². The average Bonchev–Trinajstić information content (AvgIpc) is 3.38. The van der Waals surface area contributed by atoms with E-state index in [0.29, 0.717) is 18.0 Å². The molecule has 1 aromatic heterocycles. The first-order valence-electron chi connectivity index (χ1n) is 13.0. The topological polar surface area (TPSA) is 71.5 Å². The Morgan fingerprint density at radius 1 is 1.11 bits per heavy atom. The van der Waals surface area contributed by atoms with Gasteiger partial charge in [-0.25, -0.2) is 9.78 Å². The molecule has 1 amide bonds. The molecule has 1 aliphatic heterocycles. The number of amides is 1. The van der Waals surface area contributed by atoms with Crippen LogP contribution in [0.15, 0.2) is 48.0 Å². The Morgan fingerprint density at radius 2 is 1.84 bits per heavy atom. The number of hydrogen-bond donors (Lipinski definition) is 1. The summed E-state index contributed by atoms with van der Waals surface area (Å²) in [5.41, 5.74) is 5.66. The highest BCUT2D eigenvalue weighted by molar-refractivity contribution is 6.03. The summed E-state index contributed by atoms with van der Waals surface area (Å²) in [6, 6.07) is 14.1. The van der Waals surface area contributed by atoms with Crippen molar-refractivity contribution >= 4 is 34.7 Å². The molecule has 6 heteroatoms. The van der Waals surface area contributed by atoms with Gasteiger partial charge in [0.25, 0.3) is 5.91 Å². The lowest BCUT2D eigenvalue weighted by molar-refractivity contribution is -0.138. The van der Waals surface area contributed by atoms with Gasteiger partial charge in [0.1, 0.15) is 5.82 Å². The molecule has 1 N–H and O–H groups in total. The van der Waals surface area contributed by atoms with Crippen LogP contribution >= 0.6 is 0 Å². The number of aryl methyl sites for hydroxylation is 1. The number of aromatic nitrogens is 1. The van der Waals surface area contributed by atoms with Crippen molar-refractivity contribution < 1.29 is 14.3 Å². The van der Waals surface area contributed by atoms with E-state index in [4.69, 9.17) is 9.72 Å². The van der Waals surface area contributed by atoms with Crippen LogP contribution < -0.4 is 5.32 Å². The second kappa shape index (κ2) is 10.8. The fraction of sp³-hybridized carbons (Fsp3) is 0.387. The van der Waals surface area contributed by atoms with E-state index in [2.05, 4.69) is 32.2 Å². The van der Waals surface area contributed by atoms with Crippen LogP contribution in [-0.4, -0.2) is 47.0 Å². The van der Waals surface area contributed by atoms with E-state index in [1.165, 1.54) is 0 Å². The molecular formula is C31H37N3O3. The second-order valence-corrected chi connectivity index (χ2v) is 10.8. The molecule has 1 aliphatic rings. The van der Waals surface area contributed by atoms with Crippen LogP contribution in [0.2, 0.25) is 0 Å². The Hall–Kier alpha value is -3.67. The number of benzene rings is 2. The van der Waals surface area contributed by atoms with Crippen LogP contribution in [0.4, 0.5) is 5.82 Å². The van der Waals surface area contributed by atoms with E-state index < -0.39 is 0 Å². The number of hydrogen-bond acceptors (Lipinski definition) is 5. The van der Waals surface area contributed by atoms with E-state index in [-0.39, 0.29) is 17.4 Å². The third-order valence-electron chi connectivity index (χ3n) is 6.49. The van der Waals surface area contributed by atoms with Crippen LogP contribution in [0.1, 0.15) is 68.9 Å². The van der Waals surface area contributed by atoms with Gasteiger partial charge in [-0.15, -0.1) is 0 Å². The van der Waals surface area contributed by atoms with E-state index in [1.54, 1.807) is 13.8 Å². The number of carbonyl (C=O) groups excluding carboxylic acids is 2. The molecule has 0 bridgehead atoms. The highest BCUT2D eigenvalue weighted by Crippen LogP contribution is 2.33. The van der Waals surface area contributed by atoms with E-state index in [9.17, 15) is 9.59 Å². The van der Waals surface area contributed by atoms with Gasteiger partial charge in [0.2, 0.25) is 0 Å². The van der Waals surface area contributed by atoms with E-state index in [0.717, 1.165) is 64.7 Å². The molecule has 0 radical (unpaired) electrons. The molecule has 37 heavy (non-hydrogen) atoms. The Labute approximate surface area is 219 Å². The lowest BCUT2D eigenvalue weighted by Gasteiger charge is -2.23. The Balaban J connectivity index is 1.84. The van der Waals surface area contributed by atoms with Gasteiger partial charge >= 0.3 is 5.97 Å². The largest absolute Gasteiger partial charge is 0.463 e. The monoisotopic (exact) mass is 499 g/mol. The zero-order valence-electron chi connectivity index (χ0n) is 22.8. The van der Waals surface area contributed by atoms with Gasteiger partial charge in [-0.05, 0) is 101 Å². The van der Waals surface area contributed by atoms with Gasteiger partial charge in [0.15, 0.2) is 0 Å². The maximum absolute atomic E-state index is 13.4. The predicted octanol–water partition coefficient (Wildman–Crippen LogP) is 6.62. The molecule has 0 spiro atoms. The van der Waals surface area contributed by atoms with Crippen molar-refractivity contribution in [3.8, 4) is 11.1 Å². The van der Waals surface area contributed by atoms with Crippen molar-refractivity contribution in [3.63, 3.8) is 0 Å². The summed E-state index contributed by atoms with van der Waals surface area (Å²) in [5, 5.41) is 4.40. The number of pyridine rings is 1. The van der Waals surface area contributed by atoms with Crippen LogP contribution in [0.25, 0.3) is 28.1 Å². The maximum Gasteiger partial charge on any atom is 0.333 e. The van der Waals surface area contributed by atoms with Gasteiger partial charge in [0, 0.05) is 40.7 Å². The molecule has 2 aromatic carbocycles. The number of anilines is 1. The van der Waals surface area contributed by atoms with Crippen molar-refractivity contribution in [2.24, 2.45) is 0 Å². The van der Waals surface area contributed by atoms with Crippen LogP contribution in [0, 0.1) is 6.92 Å². The Morgan fingerprint density at radius 3 is 2.51 bits per heavy atom. The van der Waals surface area contributed by atoms with E-state index >= 15 is 0 Å². The molecule has 4 rings (SSSR count). The first kappa shape index (κ1) is 26.4. The third kappa shape index (κ3) is 6.01. The fourth-order valence-electron chi connectivity index (χ4n) is 4.77. The standard InChI is InChI=1S/C31H37N3O3/c1-7-37-30(36)21(3)17-24-19-23-18-22(13-14-26(23)32-28(24)33-31(4,5)6)27-20(2)11-10-12-25(27)29(35)34-15-8-9-16-34/h10-14,17-19H,7-9,15-16H2,1-6H3,(H,32,33)/b21-17+. The van der Waals surface area contributed by atoms with Crippen LogP contribution in [-0.2, 0) is 9.53 Å². The number of ether oxygens (including phenoxy) is 1. The lowest BCUT2D eigenvalue weighted by Crippen LogP contribution is -2.28. The molecule has 0 unspecified atom stereocenters. The molecule has 194 valence electrons. The van der Waals surface area contributed by atoms with Gasteiger partial charge in [0.05, 0.1) is 12.1 Å². The molecule has 6 nitrogen and oxygen atoms in total. The SMILES string of the molecule is CCOC(=O)/C(C)=C/c1cc2cc(-c3c(C)cccc3C(=O)N3CCCC3)ccc2nc1NC(C)(C)C. The molecule has 0 aliphatic carbocycles. The predicted molar refractivity (Wildman–Crippen MR) is 151 cm³/mol. The number of nitrogens with zero attached hydrogens (tertiary/aromatic N) is 2. The fourth-order valence-corrected chi connectivity index (χ4v) is 4.77. The van der Waals surface area contributed by atoms with Crippen molar-refractivity contribution in [1.29, 1.82) is 0 Å². The minimum absolute atomic E-state index is 0.0906. The number of nitrogens with one attached hydrogen (secondary N) is 1. The Bertz CT molecular complexity index is 1360. The molecule has 1 fully saturated rings. The van der Waals surface area contributed by atoms with Crippen LogP contribution in [0.3, 0.4) is 0 Å². The summed E-state index contributed by atoms with van der Waals surface area (Å²) in [4.78, 5) is 32.6. The summed E-state index contributed by atoms with van der Waals surface area (Å²) in [5.74, 6) is 0.452. The average molecular weight is 500 g/mol. The second-order valence-electron chi connectivity index (χ2n) is 10.8. The molecule has 0 atom stereocenters. The Kier molecular flexibility index (Phi) is 7.67. The first-order chi connectivity index (χ1) is 17.6. The molecule has 2 heterocycles. The molecular weight excluding hydrogens is 462 g/mol. The summed E-state index contributed by atoms with van der Waals surface area (Å²) in [6.07, 6.45) is 3.93. The number of rotatable bonds is 6. The first-order valence-corrected chi connectivity index (χ1v) is 13.0. The highest BCUT2D eigenvalue weighted by Gasteiger charge is 2.23. The normalized spacial score (nSPS) is 14.2. The minimum Gasteiger partial charge on any atom is -0.463 e. The smallest absolute Gasteiger partial charge is 0.333 e. The van der Waals surface area contributed by atoms with Crippen molar-refractivity contribution in [1.82, 2.24) is 9.88 Å². The van der Waals surface area contributed by atoms with Gasteiger partial charge in [-0.3, -0.25) is 4.79 Å².